The van der Waals surface area contributed by atoms with E-state index in [1.807, 2.05) is 13.8 Å². The summed E-state index contributed by atoms with van der Waals surface area (Å²) in [6.07, 6.45) is 0.299. The molecular formula is C16H22O6S. The van der Waals surface area contributed by atoms with Gasteiger partial charge in [0.15, 0.2) is 15.6 Å². The summed E-state index contributed by atoms with van der Waals surface area (Å²) in [6.45, 7) is 4.02. The van der Waals surface area contributed by atoms with Gasteiger partial charge < -0.3 is 14.2 Å². The van der Waals surface area contributed by atoms with Gasteiger partial charge in [0.05, 0.1) is 36.9 Å². The molecular weight excluding hydrogens is 320 g/mol. The van der Waals surface area contributed by atoms with Gasteiger partial charge in [0.25, 0.3) is 0 Å². The first-order valence-corrected chi connectivity index (χ1v) is 9.07. The van der Waals surface area contributed by atoms with Crippen LogP contribution in [0.4, 0.5) is 0 Å². The molecule has 1 aliphatic rings. The Morgan fingerprint density at radius 2 is 1.96 bits per heavy atom. The Kier molecular flexibility index (Phi) is 5.44. The maximum Gasteiger partial charge on any atom is 0.309 e. The Morgan fingerprint density at radius 3 is 2.48 bits per heavy atom. The highest BCUT2D eigenvalue weighted by Gasteiger charge is 2.33. The van der Waals surface area contributed by atoms with Crippen molar-refractivity contribution >= 4 is 15.8 Å². The summed E-state index contributed by atoms with van der Waals surface area (Å²) in [6, 6.07) is 6.29. The fourth-order valence-corrected chi connectivity index (χ4v) is 3.72. The lowest BCUT2D eigenvalue weighted by Gasteiger charge is -2.17. The average molecular weight is 342 g/mol. The molecule has 1 atom stereocenters. The van der Waals surface area contributed by atoms with Gasteiger partial charge in [-0.15, -0.1) is 0 Å². The summed E-state index contributed by atoms with van der Waals surface area (Å²) < 4.78 is 40.3. The molecule has 1 saturated heterocycles. The van der Waals surface area contributed by atoms with Crippen LogP contribution in [0.25, 0.3) is 0 Å². The van der Waals surface area contributed by atoms with Gasteiger partial charge in [-0.1, -0.05) is 12.1 Å². The maximum absolute atomic E-state index is 12.4. The van der Waals surface area contributed by atoms with Crippen molar-refractivity contribution in [3.63, 3.8) is 0 Å². The van der Waals surface area contributed by atoms with Crippen molar-refractivity contribution in [3.8, 4) is 0 Å². The highest BCUT2D eigenvalue weighted by atomic mass is 32.2. The minimum absolute atomic E-state index is 0.00649. The summed E-state index contributed by atoms with van der Waals surface area (Å²) >= 11 is 0. The van der Waals surface area contributed by atoms with Gasteiger partial charge in [-0.2, -0.15) is 0 Å². The lowest BCUT2D eigenvalue weighted by Crippen LogP contribution is -2.23. The second kappa shape index (κ2) is 6.98. The van der Waals surface area contributed by atoms with Gasteiger partial charge >= 0.3 is 5.97 Å². The second-order valence-corrected chi connectivity index (χ2v) is 8.06. The SMILES string of the molecule is COC(=O)Cc1ccc(S(=O)(=O)CCC2COC(C)(C)O2)cc1. The zero-order valence-electron chi connectivity index (χ0n) is 13.6. The number of methoxy groups -OCH3 is 1. The van der Waals surface area contributed by atoms with Crippen molar-refractivity contribution in [3.05, 3.63) is 29.8 Å². The van der Waals surface area contributed by atoms with E-state index >= 15 is 0 Å². The van der Waals surface area contributed by atoms with Crippen LogP contribution < -0.4 is 0 Å². The molecule has 1 heterocycles. The molecule has 0 aliphatic carbocycles. The first-order valence-electron chi connectivity index (χ1n) is 7.42. The Morgan fingerprint density at radius 1 is 1.30 bits per heavy atom. The lowest BCUT2D eigenvalue weighted by molar-refractivity contribution is -0.140. The number of rotatable bonds is 6. The van der Waals surface area contributed by atoms with E-state index in [9.17, 15) is 13.2 Å². The van der Waals surface area contributed by atoms with E-state index in [-0.39, 0.29) is 29.1 Å². The van der Waals surface area contributed by atoms with E-state index < -0.39 is 15.6 Å². The highest BCUT2D eigenvalue weighted by molar-refractivity contribution is 7.91. The molecule has 23 heavy (non-hydrogen) atoms. The number of hydrogen-bond acceptors (Lipinski definition) is 6. The molecule has 0 N–H and O–H groups in total. The lowest BCUT2D eigenvalue weighted by atomic mass is 10.2. The number of carbonyl (C=O) groups excluding carboxylic acids is 1. The first kappa shape index (κ1) is 17.9. The number of carbonyl (C=O) groups is 1. The molecule has 1 unspecified atom stereocenters. The molecule has 6 nitrogen and oxygen atoms in total. The number of benzene rings is 1. The van der Waals surface area contributed by atoms with Crippen molar-refractivity contribution in [1.29, 1.82) is 0 Å². The second-order valence-electron chi connectivity index (χ2n) is 5.96. The third-order valence-electron chi connectivity index (χ3n) is 3.63. The zero-order valence-corrected chi connectivity index (χ0v) is 14.4. The van der Waals surface area contributed by atoms with Crippen LogP contribution in [0.15, 0.2) is 29.2 Å². The summed E-state index contributed by atoms with van der Waals surface area (Å²) in [7, 11) is -2.07. The first-order chi connectivity index (χ1) is 10.7. The Hall–Kier alpha value is -1.44. The highest BCUT2D eigenvalue weighted by Crippen LogP contribution is 2.25. The molecule has 1 aromatic rings. The van der Waals surface area contributed by atoms with Gasteiger partial charge in [0, 0.05) is 0 Å². The van der Waals surface area contributed by atoms with E-state index in [0.29, 0.717) is 18.6 Å². The van der Waals surface area contributed by atoms with Crippen molar-refractivity contribution in [2.24, 2.45) is 0 Å². The Bertz CT molecular complexity index is 648. The molecule has 128 valence electrons. The number of sulfone groups is 1. The van der Waals surface area contributed by atoms with Gasteiger partial charge in [-0.25, -0.2) is 8.42 Å². The number of hydrogen-bond donors (Lipinski definition) is 0. The van der Waals surface area contributed by atoms with E-state index in [2.05, 4.69) is 4.74 Å². The fraction of sp³-hybridized carbons (Fsp3) is 0.562. The molecule has 0 amide bonds. The van der Waals surface area contributed by atoms with Crippen molar-refractivity contribution in [2.45, 2.75) is 43.5 Å². The molecule has 0 spiro atoms. The number of esters is 1. The Labute approximate surface area is 136 Å². The van der Waals surface area contributed by atoms with E-state index in [1.54, 1.807) is 12.1 Å². The molecule has 0 aromatic heterocycles. The molecule has 1 fully saturated rings. The van der Waals surface area contributed by atoms with Crippen LogP contribution in [0.2, 0.25) is 0 Å². The van der Waals surface area contributed by atoms with Crippen molar-refractivity contribution in [1.82, 2.24) is 0 Å². The minimum atomic E-state index is -3.39. The Balaban J connectivity index is 1.95. The van der Waals surface area contributed by atoms with E-state index in [1.165, 1.54) is 19.2 Å². The van der Waals surface area contributed by atoms with Gasteiger partial charge in [-0.3, -0.25) is 4.79 Å². The summed E-state index contributed by atoms with van der Waals surface area (Å²) in [5, 5.41) is 0. The minimum Gasteiger partial charge on any atom is -0.469 e. The zero-order chi connectivity index (χ0) is 17.1. The molecule has 2 rings (SSSR count). The summed E-state index contributed by atoms with van der Waals surface area (Å²) in [4.78, 5) is 11.4. The van der Waals surface area contributed by atoms with Crippen LogP contribution >= 0.6 is 0 Å². The summed E-state index contributed by atoms with van der Waals surface area (Å²) in [5.41, 5.74) is 0.713. The van der Waals surface area contributed by atoms with E-state index in [4.69, 9.17) is 9.47 Å². The molecule has 1 aliphatic heterocycles. The molecule has 0 saturated carbocycles. The monoisotopic (exact) mass is 342 g/mol. The average Bonchev–Trinajstić information content (AvgIpc) is 2.85. The normalized spacial score (nSPS) is 20.4. The topological polar surface area (TPSA) is 78.9 Å². The predicted octanol–water partition coefficient (Wildman–Crippen LogP) is 1.72. The smallest absolute Gasteiger partial charge is 0.309 e. The third kappa shape index (κ3) is 5.02. The van der Waals surface area contributed by atoms with Crippen LogP contribution in [0, 0.1) is 0 Å². The van der Waals surface area contributed by atoms with Crippen LogP contribution in [0.5, 0.6) is 0 Å². The summed E-state index contributed by atoms with van der Waals surface area (Å²) in [5.74, 6) is -1.01. The van der Waals surface area contributed by atoms with Crippen LogP contribution in [-0.4, -0.2) is 45.7 Å². The van der Waals surface area contributed by atoms with Crippen LogP contribution in [-0.2, 0) is 35.3 Å². The van der Waals surface area contributed by atoms with Crippen molar-refractivity contribution in [2.75, 3.05) is 19.5 Å². The van der Waals surface area contributed by atoms with E-state index in [0.717, 1.165) is 0 Å². The molecule has 0 radical (unpaired) electrons. The molecule has 1 aromatic carbocycles. The van der Waals surface area contributed by atoms with Crippen molar-refractivity contribution < 1.29 is 27.4 Å². The van der Waals surface area contributed by atoms with Gasteiger partial charge in [-0.05, 0) is 38.0 Å². The van der Waals surface area contributed by atoms with Crippen LogP contribution in [0.1, 0.15) is 25.8 Å². The standard InChI is InChI=1S/C16H22O6S/c1-16(2)21-11-13(22-16)8-9-23(18,19)14-6-4-12(5-7-14)10-15(17)20-3/h4-7,13H,8-11H2,1-3H3. The fourth-order valence-electron chi connectivity index (χ4n) is 2.36. The van der Waals surface area contributed by atoms with Crippen LogP contribution in [0.3, 0.4) is 0 Å². The number of ether oxygens (including phenoxy) is 3. The largest absolute Gasteiger partial charge is 0.469 e. The van der Waals surface area contributed by atoms with Gasteiger partial charge in [0.2, 0.25) is 0 Å². The third-order valence-corrected chi connectivity index (χ3v) is 5.40. The predicted molar refractivity (Wildman–Crippen MR) is 83.7 cm³/mol. The molecule has 0 bridgehead atoms. The maximum atomic E-state index is 12.4. The molecule has 7 heteroatoms. The van der Waals surface area contributed by atoms with Gasteiger partial charge in [0.1, 0.15) is 0 Å². The quantitative estimate of drug-likeness (QED) is 0.733.